The van der Waals surface area contributed by atoms with E-state index in [1.54, 1.807) is 6.20 Å². The average Bonchev–Trinajstić information content (AvgIpc) is 2.17. The van der Waals surface area contributed by atoms with E-state index < -0.39 is 0 Å². The summed E-state index contributed by atoms with van der Waals surface area (Å²) in [5.41, 5.74) is 8.28. The first kappa shape index (κ1) is 7.25. The van der Waals surface area contributed by atoms with Gasteiger partial charge in [-0.05, 0) is 10.9 Å². The molecule has 0 amide bonds. The van der Waals surface area contributed by atoms with Crippen molar-refractivity contribution < 1.29 is 0 Å². The molecule has 1 aromatic carbocycles. The lowest BCUT2D eigenvalue weighted by Crippen LogP contribution is -1.88. The normalized spacial score (nSPS) is 10.4. The molecule has 59 valence electrons. The van der Waals surface area contributed by atoms with Crippen molar-refractivity contribution in [2.24, 2.45) is 0 Å². The number of fused-ring (bicyclic) bond motifs is 1. The maximum atomic E-state index is 7.29. The van der Waals surface area contributed by atoms with E-state index in [1.807, 2.05) is 30.5 Å². The fourth-order valence-electron chi connectivity index (χ4n) is 1.32. The molecule has 0 unspecified atom stereocenters. The van der Waals surface area contributed by atoms with E-state index in [2.05, 4.69) is 4.98 Å². The molecule has 0 aliphatic carbocycles. The Labute approximate surface area is 71.0 Å². The van der Waals surface area contributed by atoms with Gasteiger partial charge in [0.25, 0.3) is 0 Å². The number of nitrogens with zero attached hydrogens (tertiary/aromatic N) is 1. The van der Waals surface area contributed by atoms with Crippen molar-refractivity contribution in [3.8, 4) is 0 Å². The molecule has 0 aliphatic heterocycles. The highest BCUT2D eigenvalue weighted by atomic mass is 14.6. The summed E-state index contributed by atoms with van der Waals surface area (Å²) in [5.74, 6) is 0. The van der Waals surface area contributed by atoms with Gasteiger partial charge in [0.1, 0.15) is 0 Å². The molecule has 1 N–H and O–H groups in total. The summed E-state index contributed by atoms with van der Waals surface area (Å²) >= 11 is 0. The lowest BCUT2D eigenvalue weighted by molar-refractivity contribution is 1.03. The van der Waals surface area contributed by atoms with Crippen LogP contribution in [-0.2, 0) is 6.54 Å². The van der Waals surface area contributed by atoms with Gasteiger partial charge in [0.2, 0.25) is 0 Å². The third kappa shape index (κ3) is 1.06. The molecule has 0 aliphatic rings. The van der Waals surface area contributed by atoms with Crippen LogP contribution in [0.2, 0.25) is 0 Å². The number of rotatable bonds is 1. The Morgan fingerprint density at radius 1 is 1.17 bits per heavy atom. The van der Waals surface area contributed by atoms with Gasteiger partial charge < -0.3 is 0 Å². The molecule has 2 aromatic rings. The van der Waals surface area contributed by atoms with Crippen LogP contribution < -0.4 is 5.73 Å². The monoisotopic (exact) mass is 157 g/mol. The van der Waals surface area contributed by atoms with Crippen LogP contribution in [0.1, 0.15) is 5.56 Å². The fraction of sp³-hybridized carbons (Fsp3) is 0.100. The molecule has 2 nitrogen and oxygen atoms in total. The minimum Gasteiger partial charge on any atom is -0.264 e. The minimum atomic E-state index is 0.300. The van der Waals surface area contributed by atoms with Crippen molar-refractivity contribution in [1.82, 2.24) is 10.7 Å². The van der Waals surface area contributed by atoms with Crippen LogP contribution in [0.15, 0.2) is 36.7 Å². The Hall–Kier alpha value is -1.41. The quantitative estimate of drug-likeness (QED) is 0.623. The van der Waals surface area contributed by atoms with Crippen LogP contribution in [0.5, 0.6) is 0 Å². The molecule has 0 bridgehead atoms. The smallest absolute Gasteiger partial charge is 0.0372 e. The topological polar surface area (TPSA) is 36.7 Å². The van der Waals surface area contributed by atoms with Gasteiger partial charge in [-0.2, -0.15) is 0 Å². The number of benzene rings is 1. The Balaban J connectivity index is 2.79. The molecule has 0 fully saturated rings. The van der Waals surface area contributed by atoms with Gasteiger partial charge >= 0.3 is 0 Å². The first-order valence-corrected chi connectivity index (χ1v) is 3.88. The highest BCUT2D eigenvalue weighted by Gasteiger charge is 1.97. The predicted octanol–water partition coefficient (Wildman–Crippen LogP) is 2.02. The zero-order valence-electron chi connectivity index (χ0n) is 6.62. The molecule has 1 heterocycles. The van der Waals surface area contributed by atoms with Gasteiger partial charge in [0.05, 0.1) is 0 Å². The molecule has 1 aromatic heterocycles. The SMILES string of the molecule is [NH]Cc1cncc2ccccc12. The largest absolute Gasteiger partial charge is 0.264 e. The second kappa shape index (κ2) is 2.91. The van der Waals surface area contributed by atoms with Gasteiger partial charge in [-0.15, -0.1) is 0 Å². The Morgan fingerprint density at radius 3 is 2.83 bits per heavy atom. The zero-order chi connectivity index (χ0) is 8.39. The van der Waals surface area contributed by atoms with Crippen LogP contribution >= 0.6 is 0 Å². The number of aromatic nitrogens is 1. The van der Waals surface area contributed by atoms with Crippen LogP contribution in [0, 0.1) is 0 Å². The molecule has 0 saturated carbocycles. The molecular weight excluding hydrogens is 148 g/mol. The highest BCUT2D eigenvalue weighted by Crippen LogP contribution is 2.16. The Morgan fingerprint density at radius 2 is 2.00 bits per heavy atom. The first-order valence-electron chi connectivity index (χ1n) is 3.88. The van der Waals surface area contributed by atoms with Crippen LogP contribution in [-0.4, -0.2) is 4.98 Å². The van der Waals surface area contributed by atoms with Crippen molar-refractivity contribution >= 4 is 10.8 Å². The number of hydrogen-bond acceptors (Lipinski definition) is 1. The summed E-state index contributed by atoms with van der Waals surface area (Å²) in [5, 5.41) is 2.25. The van der Waals surface area contributed by atoms with E-state index in [9.17, 15) is 0 Å². The van der Waals surface area contributed by atoms with Crippen molar-refractivity contribution in [3.63, 3.8) is 0 Å². The maximum absolute atomic E-state index is 7.29. The fourth-order valence-corrected chi connectivity index (χ4v) is 1.32. The van der Waals surface area contributed by atoms with E-state index >= 15 is 0 Å². The third-order valence-corrected chi connectivity index (χ3v) is 1.94. The van der Waals surface area contributed by atoms with Gasteiger partial charge in [0.15, 0.2) is 0 Å². The summed E-state index contributed by atoms with van der Waals surface area (Å²) in [7, 11) is 0. The van der Waals surface area contributed by atoms with Crippen LogP contribution in [0.25, 0.3) is 10.8 Å². The third-order valence-electron chi connectivity index (χ3n) is 1.94. The lowest BCUT2D eigenvalue weighted by atomic mass is 10.1. The molecule has 2 rings (SSSR count). The molecule has 0 atom stereocenters. The summed E-state index contributed by atoms with van der Waals surface area (Å²) in [6.45, 7) is 0.300. The molecule has 2 heteroatoms. The van der Waals surface area contributed by atoms with Gasteiger partial charge in [-0.1, -0.05) is 24.3 Å². The van der Waals surface area contributed by atoms with Crippen molar-refractivity contribution in [2.75, 3.05) is 0 Å². The summed E-state index contributed by atoms with van der Waals surface area (Å²) in [4.78, 5) is 4.06. The molecule has 12 heavy (non-hydrogen) atoms. The van der Waals surface area contributed by atoms with Gasteiger partial charge in [-0.3, -0.25) is 10.7 Å². The maximum Gasteiger partial charge on any atom is 0.0372 e. The van der Waals surface area contributed by atoms with E-state index in [0.29, 0.717) is 6.54 Å². The predicted molar refractivity (Wildman–Crippen MR) is 48.5 cm³/mol. The van der Waals surface area contributed by atoms with Crippen molar-refractivity contribution in [3.05, 3.63) is 42.2 Å². The molecular formula is C10H9N2. The Kier molecular flexibility index (Phi) is 1.76. The van der Waals surface area contributed by atoms with Crippen LogP contribution in [0.3, 0.4) is 0 Å². The molecule has 0 saturated heterocycles. The van der Waals surface area contributed by atoms with Crippen molar-refractivity contribution in [2.45, 2.75) is 6.54 Å². The zero-order valence-corrected chi connectivity index (χ0v) is 6.62. The highest BCUT2D eigenvalue weighted by molar-refractivity contribution is 5.84. The summed E-state index contributed by atoms with van der Waals surface area (Å²) in [6, 6.07) is 8.02. The Bertz CT molecular complexity index is 390. The second-order valence-corrected chi connectivity index (χ2v) is 2.70. The molecule has 1 radical (unpaired) electrons. The number of hydrogen-bond donors (Lipinski definition) is 0. The first-order chi connectivity index (χ1) is 5.92. The minimum absolute atomic E-state index is 0.300. The van der Waals surface area contributed by atoms with Gasteiger partial charge in [0, 0.05) is 24.3 Å². The summed E-state index contributed by atoms with van der Waals surface area (Å²) < 4.78 is 0. The van der Waals surface area contributed by atoms with Crippen LogP contribution in [0.4, 0.5) is 0 Å². The van der Waals surface area contributed by atoms with E-state index in [1.165, 1.54) is 0 Å². The number of nitrogens with one attached hydrogen (secondary N) is 1. The standard InChI is InChI=1S/C10H9N2/c11-5-9-7-12-6-8-3-1-2-4-10(8)9/h1-4,6-7,11H,5H2. The van der Waals surface area contributed by atoms with Gasteiger partial charge in [-0.25, -0.2) is 0 Å². The van der Waals surface area contributed by atoms with E-state index in [-0.39, 0.29) is 0 Å². The van der Waals surface area contributed by atoms with Crippen molar-refractivity contribution in [1.29, 1.82) is 0 Å². The molecule has 0 spiro atoms. The lowest BCUT2D eigenvalue weighted by Gasteiger charge is -2.00. The average molecular weight is 157 g/mol. The second-order valence-electron chi connectivity index (χ2n) is 2.70. The number of pyridine rings is 1. The summed E-state index contributed by atoms with van der Waals surface area (Å²) in [6.07, 6.45) is 3.59. The van der Waals surface area contributed by atoms with E-state index in [0.717, 1.165) is 16.3 Å². The van der Waals surface area contributed by atoms with E-state index in [4.69, 9.17) is 5.73 Å².